The lowest BCUT2D eigenvalue weighted by atomic mass is 10.1. The van der Waals surface area contributed by atoms with Crippen LogP contribution in [0.25, 0.3) is 22.3 Å². The molecule has 88 valence electrons. The van der Waals surface area contributed by atoms with Gasteiger partial charge in [-0.05, 0) is 56.1 Å². The van der Waals surface area contributed by atoms with Gasteiger partial charge in [0.15, 0.2) is 5.82 Å². The summed E-state index contributed by atoms with van der Waals surface area (Å²) in [5, 5.41) is 1.08. The molecular weight excluding hydrogens is 358 g/mol. The van der Waals surface area contributed by atoms with Crippen LogP contribution in [0.5, 0.6) is 0 Å². The molecule has 0 bridgehead atoms. The minimum absolute atomic E-state index is 0.682. The Morgan fingerprint density at radius 1 is 0.889 bits per heavy atom. The molecule has 0 aliphatic heterocycles. The molecule has 0 N–H and O–H groups in total. The lowest BCUT2D eigenvalue weighted by Crippen LogP contribution is -1.90. The molecular formula is C13H7Br2N3. The van der Waals surface area contributed by atoms with E-state index in [9.17, 15) is 0 Å². The first kappa shape index (κ1) is 11.7. The van der Waals surface area contributed by atoms with Gasteiger partial charge in [-0.2, -0.15) is 0 Å². The van der Waals surface area contributed by atoms with E-state index in [1.807, 2.05) is 36.4 Å². The molecule has 0 atom stereocenters. The third-order valence-corrected chi connectivity index (χ3v) is 3.34. The lowest BCUT2D eigenvalue weighted by Gasteiger charge is -2.03. The van der Waals surface area contributed by atoms with E-state index in [1.165, 1.54) is 0 Å². The Labute approximate surface area is 121 Å². The van der Waals surface area contributed by atoms with Gasteiger partial charge in [-0.25, -0.2) is 9.97 Å². The van der Waals surface area contributed by atoms with Gasteiger partial charge in [0, 0.05) is 23.2 Å². The van der Waals surface area contributed by atoms with Crippen molar-refractivity contribution in [3.8, 4) is 11.4 Å². The minimum Gasteiger partial charge on any atom is -0.256 e. The largest absolute Gasteiger partial charge is 0.256 e. The van der Waals surface area contributed by atoms with Crippen LogP contribution in [-0.2, 0) is 0 Å². The van der Waals surface area contributed by atoms with Crippen LogP contribution >= 0.6 is 31.9 Å². The van der Waals surface area contributed by atoms with Crippen LogP contribution in [-0.4, -0.2) is 15.0 Å². The number of nitrogens with zero attached hydrogens (tertiary/aromatic N) is 3. The molecule has 0 saturated heterocycles. The van der Waals surface area contributed by atoms with E-state index in [0.29, 0.717) is 5.82 Å². The van der Waals surface area contributed by atoms with Gasteiger partial charge in [-0.1, -0.05) is 6.07 Å². The molecule has 0 saturated carbocycles. The highest BCUT2D eigenvalue weighted by molar-refractivity contribution is 9.11. The first-order valence-corrected chi connectivity index (χ1v) is 6.86. The number of aromatic nitrogens is 3. The molecule has 0 aliphatic rings. The average Bonchev–Trinajstić information content (AvgIpc) is 2.37. The molecule has 0 spiro atoms. The Morgan fingerprint density at radius 2 is 1.67 bits per heavy atom. The molecule has 3 aromatic rings. The zero-order chi connectivity index (χ0) is 12.5. The van der Waals surface area contributed by atoms with Crippen LogP contribution in [0, 0.1) is 0 Å². The second-order valence-corrected chi connectivity index (χ2v) is 5.37. The maximum Gasteiger partial charge on any atom is 0.161 e. The predicted octanol–water partition coefficient (Wildman–Crippen LogP) is 4.22. The number of hydrogen-bond donors (Lipinski definition) is 0. The number of benzene rings is 1. The van der Waals surface area contributed by atoms with Gasteiger partial charge >= 0.3 is 0 Å². The van der Waals surface area contributed by atoms with Crippen LogP contribution in [0.1, 0.15) is 0 Å². The Bertz CT molecular complexity index is 708. The van der Waals surface area contributed by atoms with Crippen LogP contribution in [0.3, 0.4) is 0 Å². The van der Waals surface area contributed by atoms with E-state index in [4.69, 9.17) is 0 Å². The van der Waals surface area contributed by atoms with Gasteiger partial charge in [0.2, 0.25) is 0 Å². The SMILES string of the molecule is Brc1cc(Br)nc(-c2ccc3ncccc3c2)n1. The fraction of sp³-hybridized carbons (Fsp3) is 0. The zero-order valence-corrected chi connectivity index (χ0v) is 12.3. The molecule has 0 aliphatic carbocycles. The predicted molar refractivity (Wildman–Crippen MR) is 78.2 cm³/mol. The van der Waals surface area contributed by atoms with Crippen molar-refractivity contribution in [3.63, 3.8) is 0 Å². The summed E-state index contributed by atoms with van der Waals surface area (Å²) >= 11 is 6.73. The molecule has 0 unspecified atom stereocenters. The van der Waals surface area contributed by atoms with Crippen LogP contribution in [0.15, 0.2) is 51.8 Å². The normalized spacial score (nSPS) is 10.8. The summed E-state index contributed by atoms with van der Waals surface area (Å²) in [5.74, 6) is 0.682. The second-order valence-electron chi connectivity index (χ2n) is 3.75. The van der Waals surface area contributed by atoms with Crippen LogP contribution in [0.4, 0.5) is 0 Å². The number of rotatable bonds is 1. The number of pyridine rings is 1. The van der Waals surface area contributed by atoms with Crippen molar-refractivity contribution < 1.29 is 0 Å². The van der Waals surface area contributed by atoms with E-state index in [0.717, 1.165) is 25.7 Å². The van der Waals surface area contributed by atoms with Crippen molar-refractivity contribution in [2.24, 2.45) is 0 Å². The van der Waals surface area contributed by atoms with Gasteiger partial charge < -0.3 is 0 Å². The summed E-state index contributed by atoms with van der Waals surface area (Å²) < 4.78 is 1.51. The smallest absolute Gasteiger partial charge is 0.161 e. The monoisotopic (exact) mass is 363 g/mol. The van der Waals surface area contributed by atoms with Crippen molar-refractivity contribution in [2.45, 2.75) is 0 Å². The highest BCUT2D eigenvalue weighted by atomic mass is 79.9. The van der Waals surface area contributed by atoms with Gasteiger partial charge in [0.1, 0.15) is 9.21 Å². The van der Waals surface area contributed by atoms with E-state index < -0.39 is 0 Å². The molecule has 0 amide bonds. The second kappa shape index (κ2) is 4.74. The third kappa shape index (κ3) is 2.28. The molecule has 2 aromatic heterocycles. The number of fused-ring (bicyclic) bond motifs is 1. The van der Waals surface area contributed by atoms with Crippen molar-refractivity contribution in [1.82, 2.24) is 15.0 Å². The first-order valence-electron chi connectivity index (χ1n) is 5.27. The lowest BCUT2D eigenvalue weighted by molar-refractivity contribution is 1.12. The number of hydrogen-bond acceptors (Lipinski definition) is 3. The topological polar surface area (TPSA) is 38.7 Å². The Kier molecular flexibility index (Phi) is 3.09. The molecule has 2 heterocycles. The summed E-state index contributed by atoms with van der Waals surface area (Å²) in [7, 11) is 0. The number of halogens is 2. The fourth-order valence-corrected chi connectivity index (χ4v) is 2.81. The summed E-state index contributed by atoms with van der Waals surface area (Å²) in [6, 6.07) is 11.7. The van der Waals surface area contributed by atoms with Gasteiger partial charge in [0.05, 0.1) is 5.52 Å². The third-order valence-electron chi connectivity index (χ3n) is 2.52. The molecule has 3 rings (SSSR count). The minimum atomic E-state index is 0.682. The average molecular weight is 365 g/mol. The summed E-state index contributed by atoms with van der Waals surface area (Å²) in [4.78, 5) is 13.0. The van der Waals surface area contributed by atoms with Crippen molar-refractivity contribution in [3.05, 3.63) is 51.8 Å². The van der Waals surface area contributed by atoms with Crippen molar-refractivity contribution >= 4 is 42.8 Å². The first-order chi connectivity index (χ1) is 8.72. The van der Waals surface area contributed by atoms with Gasteiger partial charge in [0.25, 0.3) is 0 Å². The summed E-state index contributed by atoms with van der Waals surface area (Å²) in [6.07, 6.45) is 1.79. The molecule has 1 aromatic carbocycles. The molecule has 3 nitrogen and oxygen atoms in total. The molecule has 18 heavy (non-hydrogen) atoms. The van der Waals surface area contributed by atoms with E-state index in [1.54, 1.807) is 6.20 Å². The van der Waals surface area contributed by atoms with Crippen LogP contribution in [0.2, 0.25) is 0 Å². The Balaban J connectivity index is 2.19. The molecule has 0 radical (unpaired) electrons. The standard InChI is InChI=1S/C13H7Br2N3/c14-11-7-12(15)18-13(17-11)9-3-4-10-8(6-9)2-1-5-16-10/h1-7H. The van der Waals surface area contributed by atoms with Crippen molar-refractivity contribution in [2.75, 3.05) is 0 Å². The highest BCUT2D eigenvalue weighted by Crippen LogP contribution is 2.23. The maximum atomic E-state index is 4.37. The maximum absolute atomic E-state index is 4.37. The van der Waals surface area contributed by atoms with Crippen molar-refractivity contribution in [1.29, 1.82) is 0 Å². The van der Waals surface area contributed by atoms with Gasteiger partial charge in [-0.3, -0.25) is 4.98 Å². The highest BCUT2D eigenvalue weighted by Gasteiger charge is 2.05. The van der Waals surface area contributed by atoms with Gasteiger partial charge in [-0.15, -0.1) is 0 Å². The summed E-state index contributed by atoms with van der Waals surface area (Å²) in [6.45, 7) is 0. The fourth-order valence-electron chi connectivity index (χ4n) is 1.73. The summed E-state index contributed by atoms with van der Waals surface area (Å²) in [5.41, 5.74) is 1.94. The van der Waals surface area contributed by atoms with E-state index in [2.05, 4.69) is 46.8 Å². The Morgan fingerprint density at radius 3 is 2.44 bits per heavy atom. The quantitative estimate of drug-likeness (QED) is 0.607. The zero-order valence-electron chi connectivity index (χ0n) is 9.14. The molecule has 0 fully saturated rings. The Hall–Kier alpha value is -1.33. The van der Waals surface area contributed by atoms with Crippen LogP contribution < -0.4 is 0 Å². The van der Waals surface area contributed by atoms with E-state index >= 15 is 0 Å². The molecule has 5 heteroatoms. The van der Waals surface area contributed by atoms with E-state index in [-0.39, 0.29) is 0 Å².